The van der Waals surface area contributed by atoms with Crippen LogP contribution in [0.3, 0.4) is 0 Å². The van der Waals surface area contributed by atoms with Crippen LogP contribution < -0.4 is 4.52 Å². The summed E-state index contributed by atoms with van der Waals surface area (Å²) >= 11 is 0. The molecule has 1 aromatic carbocycles. The Labute approximate surface area is 107 Å². The summed E-state index contributed by atoms with van der Waals surface area (Å²) in [6.07, 6.45) is 2.05. The zero-order valence-corrected chi connectivity index (χ0v) is 11.4. The standard InChI is InChI=1S/C13H17O4P/c1-8(10-6-7-10)11-4-3-5-12-9(2)16-18(14,15)17-13(11)12/h3-5,8-10H,6-7H2,1-2H3,(H,14,15). The summed E-state index contributed by atoms with van der Waals surface area (Å²) in [6.45, 7) is 3.93. The van der Waals surface area contributed by atoms with E-state index in [1.54, 1.807) is 6.92 Å². The molecule has 0 bridgehead atoms. The van der Waals surface area contributed by atoms with Crippen LogP contribution in [0.1, 0.15) is 49.8 Å². The van der Waals surface area contributed by atoms with Crippen LogP contribution in [0.2, 0.25) is 0 Å². The minimum absolute atomic E-state index is 0.366. The lowest BCUT2D eigenvalue weighted by Gasteiger charge is -2.29. The molecule has 0 radical (unpaired) electrons. The number of hydrogen-bond donors (Lipinski definition) is 1. The maximum atomic E-state index is 11.7. The summed E-state index contributed by atoms with van der Waals surface area (Å²) in [7, 11) is -3.95. The van der Waals surface area contributed by atoms with Crippen LogP contribution in [0, 0.1) is 5.92 Å². The maximum Gasteiger partial charge on any atom is 0.528 e. The molecule has 1 heterocycles. The van der Waals surface area contributed by atoms with Gasteiger partial charge in [0.15, 0.2) is 0 Å². The van der Waals surface area contributed by atoms with Gasteiger partial charge in [0.1, 0.15) is 5.75 Å². The van der Waals surface area contributed by atoms with E-state index in [1.807, 2.05) is 18.2 Å². The van der Waals surface area contributed by atoms with E-state index in [1.165, 1.54) is 12.8 Å². The SMILES string of the molecule is CC1OP(=O)(O)Oc2c1cccc2C(C)C1CC1. The Morgan fingerprint density at radius 3 is 2.83 bits per heavy atom. The zero-order chi connectivity index (χ0) is 12.9. The van der Waals surface area contributed by atoms with Gasteiger partial charge in [-0.25, -0.2) is 4.57 Å². The average molecular weight is 268 g/mol. The second-order valence-corrected chi connectivity index (χ2v) is 6.53. The molecular formula is C13H17O4P. The van der Waals surface area contributed by atoms with Crippen LogP contribution in [0.15, 0.2) is 18.2 Å². The van der Waals surface area contributed by atoms with Crippen molar-refractivity contribution in [2.45, 2.75) is 38.7 Å². The van der Waals surface area contributed by atoms with Crippen molar-refractivity contribution >= 4 is 7.82 Å². The summed E-state index contributed by atoms with van der Waals surface area (Å²) in [5.74, 6) is 1.60. The molecule has 4 nitrogen and oxygen atoms in total. The van der Waals surface area contributed by atoms with Gasteiger partial charge >= 0.3 is 7.82 Å². The van der Waals surface area contributed by atoms with Crippen LogP contribution in [-0.4, -0.2) is 4.89 Å². The van der Waals surface area contributed by atoms with Gasteiger partial charge in [-0.3, -0.25) is 9.42 Å². The molecule has 1 N–H and O–H groups in total. The maximum absolute atomic E-state index is 11.7. The molecule has 1 aliphatic carbocycles. The van der Waals surface area contributed by atoms with E-state index in [2.05, 4.69) is 6.92 Å². The summed E-state index contributed by atoms with van der Waals surface area (Å²) in [5, 5.41) is 0. The van der Waals surface area contributed by atoms with Crippen LogP contribution in [-0.2, 0) is 9.09 Å². The van der Waals surface area contributed by atoms with Crippen LogP contribution >= 0.6 is 7.82 Å². The molecule has 5 heteroatoms. The Kier molecular flexibility index (Phi) is 2.77. The fourth-order valence-electron chi connectivity index (χ4n) is 2.60. The van der Waals surface area contributed by atoms with E-state index in [9.17, 15) is 9.46 Å². The fourth-order valence-corrected chi connectivity index (χ4v) is 3.60. The molecule has 0 saturated heterocycles. The molecule has 98 valence electrons. The second-order valence-electron chi connectivity index (χ2n) is 5.20. The molecule has 2 aliphatic rings. The molecule has 1 aliphatic heterocycles. The molecule has 1 aromatic rings. The lowest BCUT2D eigenvalue weighted by molar-refractivity contribution is 0.130. The van der Waals surface area contributed by atoms with Gasteiger partial charge in [-0.15, -0.1) is 0 Å². The van der Waals surface area contributed by atoms with Gasteiger partial charge < -0.3 is 4.52 Å². The number of benzene rings is 1. The molecular weight excluding hydrogens is 251 g/mol. The van der Waals surface area contributed by atoms with Crippen molar-refractivity contribution in [3.63, 3.8) is 0 Å². The van der Waals surface area contributed by atoms with Crippen molar-refractivity contribution in [3.05, 3.63) is 29.3 Å². The van der Waals surface area contributed by atoms with E-state index in [0.29, 0.717) is 17.6 Å². The first kappa shape index (κ1) is 12.2. The highest BCUT2D eigenvalue weighted by molar-refractivity contribution is 7.47. The minimum atomic E-state index is -3.95. The third-order valence-electron chi connectivity index (χ3n) is 3.83. The van der Waals surface area contributed by atoms with Crippen LogP contribution in [0.5, 0.6) is 5.75 Å². The number of hydrogen-bond acceptors (Lipinski definition) is 3. The molecule has 1 saturated carbocycles. The predicted octanol–water partition coefficient (Wildman–Crippen LogP) is 3.77. The fraction of sp³-hybridized carbons (Fsp3) is 0.538. The topological polar surface area (TPSA) is 55.8 Å². The highest BCUT2D eigenvalue weighted by atomic mass is 31.2. The number of phosphoric acid groups is 1. The van der Waals surface area contributed by atoms with Gasteiger partial charge in [0.05, 0.1) is 6.10 Å². The largest absolute Gasteiger partial charge is 0.528 e. The first-order valence-corrected chi connectivity index (χ1v) is 7.81. The lowest BCUT2D eigenvalue weighted by Crippen LogP contribution is -2.13. The van der Waals surface area contributed by atoms with Crippen molar-refractivity contribution in [2.24, 2.45) is 5.92 Å². The molecule has 18 heavy (non-hydrogen) atoms. The second kappa shape index (κ2) is 4.09. The Hall–Kier alpha value is -0.830. The number of fused-ring (bicyclic) bond motifs is 1. The number of rotatable bonds is 2. The first-order chi connectivity index (χ1) is 8.48. The normalized spacial score (nSPS) is 32.5. The van der Waals surface area contributed by atoms with Gasteiger partial charge in [0.2, 0.25) is 0 Å². The van der Waals surface area contributed by atoms with Gasteiger partial charge in [-0.2, -0.15) is 0 Å². The Balaban J connectivity index is 2.06. The Bertz CT molecular complexity index is 524. The quantitative estimate of drug-likeness (QED) is 0.829. The van der Waals surface area contributed by atoms with Crippen LogP contribution in [0.4, 0.5) is 0 Å². The van der Waals surface area contributed by atoms with Crippen molar-refractivity contribution in [2.75, 3.05) is 0 Å². The lowest BCUT2D eigenvalue weighted by atomic mass is 9.92. The molecule has 3 atom stereocenters. The van der Waals surface area contributed by atoms with Crippen molar-refractivity contribution < 1.29 is 18.5 Å². The molecule has 0 aromatic heterocycles. The van der Waals surface area contributed by atoms with E-state index < -0.39 is 13.9 Å². The summed E-state index contributed by atoms with van der Waals surface area (Å²) in [4.78, 5) is 9.56. The molecule has 3 rings (SSSR count). The highest BCUT2D eigenvalue weighted by Crippen LogP contribution is 2.57. The molecule has 0 amide bonds. The predicted molar refractivity (Wildman–Crippen MR) is 67.5 cm³/mol. The monoisotopic (exact) mass is 268 g/mol. The van der Waals surface area contributed by atoms with Crippen molar-refractivity contribution in [1.29, 1.82) is 0 Å². The first-order valence-electron chi connectivity index (χ1n) is 6.31. The van der Waals surface area contributed by atoms with Gasteiger partial charge in [0, 0.05) is 5.56 Å². The molecule has 0 spiro atoms. The highest BCUT2D eigenvalue weighted by Gasteiger charge is 2.38. The van der Waals surface area contributed by atoms with Crippen LogP contribution in [0.25, 0.3) is 0 Å². The third kappa shape index (κ3) is 2.09. The Morgan fingerprint density at radius 1 is 1.44 bits per heavy atom. The van der Waals surface area contributed by atoms with E-state index in [-0.39, 0.29) is 0 Å². The van der Waals surface area contributed by atoms with Gasteiger partial charge in [0.25, 0.3) is 0 Å². The zero-order valence-electron chi connectivity index (χ0n) is 10.5. The molecule has 3 unspecified atom stereocenters. The minimum Gasteiger partial charge on any atom is -0.403 e. The summed E-state index contributed by atoms with van der Waals surface area (Å²) in [6, 6.07) is 5.84. The van der Waals surface area contributed by atoms with Gasteiger partial charge in [-0.05, 0) is 37.2 Å². The van der Waals surface area contributed by atoms with Crippen molar-refractivity contribution in [1.82, 2.24) is 0 Å². The smallest absolute Gasteiger partial charge is 0.403 e. The third-order valence-corrected chi connectivity index (χ3v) is 4.83. The van der Waals surface area contributed by atoms with E-state index in [4.69, 9.17) is 9.05 Å². The number of para-hydroxylation sites is 1. The van der Waals surface area contributed by atoms with E-state index in [0.717, 1.165) is 11.1 Å². The average Bonchev–Trinajstić information content (AvgIpc) is 3.09. The van der Waals surface area contributed by atoms with E-state index >= 15 is 0 Å². The summed E-state index contributed by atoms with van der Waals surface area (Å²) in [5.41, 5.74) is 1.89. The summed E-state index contributed by atoms with van der Waals surface area (Å²) < 4.78 is 21.9. The van der Waals surface area contributed by atoms with Crippen molar-refractivity contribution in [3.8, 4) is 5.75 Å². The molecule has 1 fully saturated rings. The number of phosphoric ester groups is 1. The van der Waals surface area contributed by atoms with Gasteiger partial charge in [-0.1, -0.05) is 25.1 Å². The Morgan fingerprint density at radius 2 is 2.17 bits per heavy atom.